The minimum Gasteiger partial charge on any atom is -0.493 e. The monoisotopic (exact) mass is 313 g/mol. The van der Waals surface area contributed by atoms with Gasteiger partial charge in [-0.05, 0) is 43.8 Å². The Balaban J connectivity index is 2.18. The number of hydrogen-bond donors (Lipinski definition) is 2. The van der Waals surface area contributed by atoms with Crippen molar-refractivity contribution in [2.45, 2.75) is 18.9 Å². The van der Waals surface area contributed by atoms with Gasteiger partial charge in [-0.25, -0.2) is 0 Å². The lowest BCUT2D eigenvalue weighted by molar-refractivity contribution is 0.329. The van der Waals surface area contributed by atoms with E-state index in [0.29, 0.717) is 0 Å². The molecule has 1 aromatic rings. The minimum atomic E-state index is 0.225. The molecule has 5 heteroatoms. The molecule has 0 spiro atoms. The maximum absolute atomic E-state index is 5.73. The van der Waals surface area contributed by atoms with Gasteiger partial charge in [0.25, 0.3) is 0 Å². The van der Waals surface area contributed by atoms with Crippen molar-refractivity contribution >= 4 is 15.9 Å². The molecule has 1 aliphatic heterocycles. The summed E-state index contributed by atoms with van der Waals surface area (Å²) in [7, 11) is 4.10. The van der Waals surface area contributed by atoms with Gasteiger partial charge in [-0.1, -0.05) is 15.9 Å². The molecule has 1 unspecified atom stereocenters. The van der Waals surface area contributed by atoms with Crippen molar-refractivity contribution in [1.29, 1.82) is 0 Å². The Labute approximate surface area is 117 Å². The zero-order chi connectivity index (χ0) is 13.1. The van der Waals surface area contributed by atoms with E-state index in [0.717, 1.165) is 36.2 Å². The fourth-order valence-electron chi connectivity index (χ4n) is 2.38. The Morgan fingerprint density at radius 3 is 2.94 bits per heavy atom. The van der Waals surface area contributed by atoms with Crippen LogP contribution in [0.5, 0.6) is 5.75 Å². The van der Waals surface area contributed by atoms with E-state index in [-0.39, 0.29) is 6.04 Å². The van der Waals surface area contributed by atoms with E-state index in [1.165, 1.54) is 11.1 Å². The van der Waals surface area contributed by atoms with Crippen LogP contribution in [0, 0.1) is 0 Å². The Morgan fingerprint density at radius 1 is 1.50 bits per heavy atom. The van der Waals surface area contributed by atoms with Gasteiger partial charge in [0.1, 0.15) is 5.75 Å². The van der Waals surface area contributed by atoms with Crippen LogP contribution >= 0.6 is 15.9 Å². The molecule has 4 nitrogen and oxygen atoms in total. The number of halogens is 1. The second-order valence-corrected chi connectivity index (χ2v) is 5.90. The van der Waals surface area contributed by atoms with Gasteiger partial charge in [-0.2, -0.15) is 0 Å². The highest BCUT2D eigenvalue weighted by Crippen LogP contribution is 2.33. The highest BCUT2D eigenvalue weighted by molar-refractivity contribution is 9.10. The van der Waals surface area contributed by atoms with Crippen LogP contribution in [0.15, 0.2) is 16.6 Å². The van der Waals surface area contributed by atoms with Gasteiger partial charge < -0.3 is 9.64 Å². The fraction of sp³-hybridized carbons (Fsp3) is 0.538. The molecule has 2 rings (SSSR count). The number of nitrogens with two attached hydrogens (primary N) is 1. The van der Waals surface area contributed by atoms with Crippen molar-refractivity contribution in [3.05, 3.63) is 27.7 Å². The summed E-state index contributed by atoms with van der Waals surface area (Å²) >= 11 is 3.56. The van der Waals surface area contributed by atoms with Crippen LogP contribution in [-0.4, -0.2) is 38.2 Å². The quantitative estimate of drug-likeness (QED) is 0.636. The standard InChI is InChI=1S/C13H20BrN3O/c1-17(2)8-12(16-15)7-10-6-11(14)5-9-3-4-18-13(9)10/h5-6,12,16H,3-4,7-8,15H2,1-2H3. The molecule has 1 aliphatic rings. The highest BCUT2D eigenvalue weighted by Gasteiger charge is 2.20. The Bertz CT molecular complexity index is 423. The highest BCUT2D eigenvalue weighted by atomic mass is 79.9. The SMILES string of the molecule is CN(C)CC(Cc1cc(Br)cc2c1OCC2)NN. The molecule has 100 valence electrons. The summed E-state index contributed by atoms with van der Waals surface area (Å²) in [6, 6.07) is 4.50. The number of ether oxygens (including phenoxy) is 1. The van der Waals surface area contributed by atoms with Gasteiger partial charge in [-0.3, -0.25) is 11.3 Å². The van der Waals surface area contributed by atoms with Crippen molar-refractivity contribution in [3.8, 4) is 5.75 Å². The number of hydrogen-bond acceptors (Lipinski definition) is 4. The smallest absolute Gasteiger partial charge is 0.125 e. The molecule has 1 aromatic carbocycles. The molecule has 0 saturated heterocycles. The topological polar surface area (TPSA) is 50.5 Å². The largest absolute Gasteiger partial charge is 0.493 e. The van der Waals surface area contributed by atoms with Crippen molar-refractivity contribution in [2.75, 3.05) is 27.2 Å². The molecule has 1 atom stereocenters. The van der Waals surface area contributed by atoms with Crippen molar-refractivity contribution in [2.24, 2.45) is 5.84 Å². The molecule has 18 heavy (non-hydrogen) atoms. The first-order chi connectivity index (χ1) is 8.60. The van der Waals surface area contributed by atoms with E-state index in [2.05, 4.69) is 38.4 Å². The van der Waals surface area contributed by atoms with E-state index in [1.54, 1.807) is 0 Å². The minimum absolute atomic E-state index is 0.225. The van der Waals surface area contributed by atoms with Gasteiger partial charge in [0.05, 0.1) is 6.61 Å². The molecule has 3 N–H and O–H groups in total. The predicted molar refractivity (Wildman–Crippen MR) is 76.7 cm³/mol. The molecular formula is C13H20BrN3O. The van der Waals surface area contributed by atoms with E-state index >= 15 is 0 Å². The molecule has 0 amide bonds. The molecule has 0 aromatic heterocycles. The molecule has 0 fully saturated rings. The number of likely N-dealkylation sites (N-methyl/N-ethyl adjacent to an activating group) is 1. The zero-order valence-electron chi connectivity index (χ0n) is 10.9. The summed E-state index contributed by atoms with van der Waals surface area (Å²) in [6.07, 6.45) is 1.87. The number of benzene rings is 1. The summed E-state index contributed by atoms with van der Waals surface area (Å²) < 4.78 is 6.85. The fourth-order valence-corrected chi connectivity index (χ4v) is 2.93. The predicted octanol–water partition coefficient (Wildman–Crippen LogP) is 1.32. The van der Waals surface area contributed by atoms with Crippen LogP contribution in [0.4, 0.5) is 0 Å². The summed E-state index contributed by atoms with van der Waals surface area (Å²) in [5.41, 5.74) is 5.40. The van der Waals surface area contributed by atoms with E-state index < -0.39 is 0 Å². The van der Waals surface area contributed by atoms with E-state index in [1.807, 2.05) is 14.1 Å². The molecular weight excluding hydrogens is 294 g/mol. The van der Waals surface area contributed by atoms with Gasteiger partial charge >= 0.3 is 0 Å². The lowest BCUT2D eigenvalue weighted by atomic mass is 10.0. The lowest BCUT2D eigenvalue weighted by Gasteiger charge is -2.21. The van der Waals surface area contributed by atoms with Crippen LogP contribution in [-0.2, 0) is 12.8 Å². The number of hydrazine groups is 1. The second kappa shape index (κ2) is 6.02. The number of rotatable bonds is 5. The third-order valence-corrected chi connectivity index (χ3v) is 3.57. The Morgan fingerprint density at radius 2 is 2.28 bits per heavy atom. The van der Waals surface area contributed by atoms with Gasteiger partial charge in [0.2, 0.25) is 0 Å². The van der Waals surface area contributed by atoms with Gasteiger partial charge in [0, 0.05) is 23.5 Å². The second-order valence-electron chi connectivity index (χ2n) is 4.98. The Hall–Kier alpha value is -0.620. The van der Waals surface area contributed by atoms with Gasteiger partial charge in [0.15, 0.2) is 0 Å². The molecule has 0 radical (unpaired) electrons. The Kier molecular flexibility index (Phi) is 4.61. The van der Waals surface area contributed by atoms with Crippen molar-refractivity contribution in [3.63, 3.8) is 0 Å². The first-order valence-corrected chi connectivity index (χ1v) is 6.94. The van der Waals surface area contributed by atoms with Gasteiger partial charge in [-0.15, -0.1) is 0 Å². The summed E-state index contributed by atoms with van der Waals surface area (Å²) in [6.45, 7) is 1.69. The summed E-state index contributed by atoms with van der Waals surface area (Å²) in [5.74, 6) is 6.68. The van der Waals surface area contributed by atoms with Crippen LogP contribution in [0.25, 0.3) is 0 Å². The van der Waals surface area contributed by atoms with Crippen LogP contribution in [0.1, 0.15) is 11.1 Å². The van der Waals surface area contributed by atoms with E-state index in [4.69, 9.17) is 10.6 Å². The number of nitrogens with one attached hydrogen (secondary N) is 1. The molecule has 0 saturated carbocycles. The van der Waals surface area contributed by atoms with E-state index in [9.17, 15) is 0 Å². The van der Waals surface area contributed by atoms with Crippen LogP contribution in [0.3, 0.4) is 0 Å². The molecule has 0 aliphatic carbocycles. The number of fused-ring (bicyclic) bond motifs is 1. The average Bonchev–Trinajstić information content (AvgIpc) is 2.75. The lowest BCUT2D eigenvalue weighted by Crippen LogP contribution is -2.43. The zero-order valence-corrected chi connectivity index (χ0v) is 12.5. The summed E-state index contributed by atoms with van der Waals surface area (Å²) in [5, 5.41) is 0. The van der Waals surface area contributed by atoms with Crippen LogP contribution in [0.2, 0.25) is 0 Å². The molecule has 1 heterocycles. The molecule has 0 bridgehead atoms. The normalized spacial score (nSPS) is 15.6. The maximum atomic E-state index is 5.73. The average molecular weight is 314 g/mol. The van der Waals surface area contributed by atoms with Crippen molar-refractivity contribution in [1.82, 2.24) is 10.3 Å². The van der Waals surface area contributed by atoms with Crippen LogP contribution < -0.4 is 16.0 Å². The van der Waals surface area contributed by atoms with Crippen molar-refractivity contribution < 1.29 is 4.74 Å². The third kappa shape index (κ3) is 3.23. The maximum Gasteiger partial charge on any atom is 0.125 e. The first-order valence-electron chi connectivity index (χ1n) is 6.15. The number of nitrogens with zero attached hydrogens (tertiary/aromatic N) is 1. The third-order valence-electron chi connectivity index (χ3n) is 3.11. The summed E-state index contributed by atoms with van der Waals surface area (Å²) in [4.78, 5) is 2.13. The first kappa shape index (κ1) is 13.8.